The number of likely N-dealkylation sites (tertiary alicyclic amines) is 1. The Morgan fingerprint density at radius 3 is 2.61 bits per heavy atom. The summed E-state index contributed by atoms with van der Waals surface area (Å²) in [5.41, 5.74) is 1.16. The van der Waals surface area contributed by atoms with Gasteiger partial charge >= 0.3 is 6.18 Å². The molecule has 0 unspecified atom stereocenters. The van der Waals surface area contributed by atoms with Gasteiger partial charge in [-0.05, 0) is 61.1 Å². The van der Waals surface area contributed by atoms with E-state index in [0.717, 1.165) is 55.6 Å². The Hall–Kier alpha value is -2.41. The minimum atomic E-state index is -4.34. The molecular weight excluding hydrogens is 367 g/mol. The van der Waals surface area contributed by atoms with Crippen LogP contribution in [-0.4, -0.2) is 34.9 Å². The quantitative estimate of drug-likeness (QED) is 0.838. The number of benzene rings is 1. The maximum Gasteiger partial charge on any atom is 0.416 e. The number of piperidine rings is 1. The summed E-state index contributed by atoms with van der Waals surface area (Å²) in [6.45, 7) is 0.786. The minimum absolute atomic E-state index is 0.0372. The number of nitrogens with one attached hydrogen (secondary N) is 1. The first kappa shape index (κ1) is 18.9. The van der Waals surface area contributed by atoms with Gasteiger partial charge in [0.2, 0.25) is 5.91 Å². The molecule has 4 nitrogen and oxygen atoms in total. The fourth-order valence-corrected chi connectivity index (χ4v) is 4.32. The van der Waals surface area contributed by atoms with Crippen LogP contribution in [0.5, 0.6) is 0 Å². The van der Waals surface area contributed by atoms with Gasteiger partial charge in [0, 0.05) is 19.8 Å². The van der Waals surface area contributed by atoms with Crippen molar-refractivity contribution in [3.63, 3.8) is 0 Å². The summed E-state index contributed by atoms with van der Waals surface area (Å²) in [6, 6.07) is 8.79. The van der Waals surface area contributed by atoms with Gasteiger partial charge in [-0.1, -0.05) is 12.1 Å². The fraction of sp³-hybridized carbons (Fsp3) is 0.429. The highest BCUT2D eigenvalue weighted by Crippen LogP contribution is 2.39. The summed E-state index contributed by atoms with van der Waals surface area (Å²) in [6.07, 6.45) is 0.704. The van der Waals surface area contributed by atoms with Gasteiger partial charge in [0.25, 0.3) is 0 Å². The summed E-state index contributed by atoms with van der Waals surface area (Å²) in [4.78, 5) is 18.9. The van der Waals surface area contributed by atoms with Gasteiger partial charge in [0.1, 0.15) is 0 Å². The van der Waals surface area contributed by atoms with Gasteiger partial charge in [0.15, 0.2) is 0 Å². The second kappa shape index (κ2) is 6.88. The summed E-state index contributed by atoms with van der Waals surface area (Å²) >= 11 is 0. The molecule has 1 N–H and O–H groups in total. The van der Waals surface area contributed by atoms with Gasteiger partial charge in [-0.2, -0.15) is 13.2 Å². The number of halogens is 3. The average Bonchev–Trinajstić information content (AvgIpc) is 3.11. The molecule has 1 amide bonds. The molecule has 3 heterocycles. The Bertz CT molecular complexity index is 881. The van der Waals surface area contributed by atoms with Crippen LogP contribution >= 0.6 is 0 Å². The van der Waals surface area contributed by atoms with Crippen molar-refractivity contribution in [2.45, 2.75) is 43.4 Å². The van der Waals surface area contributed by atoms with Crippen LogP contribution < -0.4 is 5.32 Å². The summed E-state index contributed by atoms with van der Waals surface area (Å²) in [7, 11) is 1.84. The third kappa shape index (κ3) is 3.39. The topological polar surface area (TPSA) is 45.2 Å². The number of hydrogen-bond donors (Lipinski definition) is 1. The molecule has 1 aromatic heterocycles. The molecule has 0 aliphatic carbocycles. The largest absolute Gasteiger partial charge is 0.416 e. The molecule has 2 fully saturated rings. The maximum absolute atomic E-state index is 12.8. The minimum Gasteiger partial charge on any atom is -0.344 e. The van der Waals surface area contributed by atoms with E-state index >= 15 is 0 Å². The van der Waals surface area contributed by atoms with Crippen LogP contribution in [0.4, 0.5) is 13.2 Å². The third-order valence-electron chi connectivity index (χ3n) is 5.85. The number of aromatic nitrogens is 1. The molecule has 148 valence electrons. The number of carbonyl (C=O) groups is 1. The van der Waals surface area contributed by atoms with Crippen molar-refractivity contribution in [3.05, 3.63) is 53.9 Å². The van der Waals surface area contributed by atoms with E-state index in [1.54, 1.807) is 17.2 Å². The van der Waals surface area contributed by atoms with Crippen LogP contribution in [0.25, 0.3) is 11.1 Å². The lowest BCUT2D eigenvalue weighted by Crippen LogP contribution is -2.57. The maximum atomic E-state index is 12.8. The molecule has 0 radical (unpaired) electrons. The number of likely N-dealkylation sites (N-methyl/N-ethyl adjacent to an activating group) is 1. The Balaban J connectivity index is 1.56. The highest BCUT2D eigenvalue weighted by Gasteiger charge is 2.48. The molecule has 28 heavy (non-hydrogen) atoms. The van der Waals surface area contributed by atoms with Crippen molar-refractivity contribution >= 4 is 5.91 Å². The fourth-order valence-electron chi connectivity index (χ4n) is 4.32. The van der Waals surface area contributed by atoms with E-state index in [2.05, 4.69) is 10.3 Å². The molecule has 2 aromatic rings. The molecule has 1 spiro atoms. The molecule has 0 saturated carbocycles. The van der Waals surface area contributed by atoms with Gasteiger partial charge in [-0.25, -0.2) is 0 Å². The Morgan fingerprint density at radius 2 is 1.89 bits per heavy atom. The molecule has 7 heteroatoms. The van der Waals surface area contributed by atoms with Crippen molar-refractivity contribution in [1.82, 2.24) is 15.2 Å². The number of alkyl halides is 3. The number of nitrogens with zero attached hydrogens (tertiary/aromatic N) is 2. The standard InChI is InChI=1S/C21H22F3N3O/c1-27-12-2-9-20(19(27)28)10-7-17(26-20)18-13-15(8-11-25-18)14-3-5-16(6-4-14)21(22,23)24/h3-6,8,11,13,17,26H,2,7,9-10,12H2,1H3/t17-,20+/m0/s1. The van der Waals surface area contributed by atoms with Crippen molar-refractivity contribution in [3.8, 4) is 11.1 Å². The smallest absolute Gasteiger partial charge is 0.344 e. The number of hydrogen-bond acceptors (Lipinski definition) is 3. The lowest BCUT2D eigenvalue weighted by atomic mass is 9.87. The molecule has 2 aliphatic heterocycles. The summed E-state index contributed by atoms with van der Waals surface area (Å²) in [5.74, 6) is 0.139. The molecule has 4 rings (SSSR count). The SMILES string of the molecule is CN1CCC[C@@]2(CC[C@@H](c3cc(-c4ccc(C(F)(F)F)cc4)ccn3)N2)C1=O. The molecular formula is C21H22F3N3O. The molecule has 2 aliphatic rings. The first-order valence-corrected chi connectivity index (χ1v) is 9.45. The zero-order valence-electron chi connectivity index (χ0n) is 15.6. The highest BCUT2D eigenvalue weighted by atomic mass is 19.4. The van der Waals surface area contributed by atoms with Crippen LogP contribution in [0.2, 0.25) is 0 Å². The predicted octanol–water partition coefficient (Wildman–Crippen LogP) is 4.18. The number of amides is 1. The normalized spacial score (nSPS) is 25.5. The molecule has 1 aromatic carbocycles. The van der Waals surface area contributed by atoms with E-state index in [1.165, 1.54) is 12.1 Å². The number of rotatable bonds is 2. The van der Waals surface area contributed by atoms with E-state index in [-0.39, 0.29) is 11.9 Å². The Labute approximate surface area is 161 Å². The van der Waals surface area contributed by atoms with Crippen LogP contribution in [0.3, 0.4) is 0 Å². The van der Waals surface area contributed by atoms with Gasteiger partial charge < -0.3 is 4.90 Å². The lowest BCUT2D eigenvalue weighted by Gasteiger charge is -2.38. The predicted molar refractivity (Wildman–Crippen MR) is 99.4 cm³/mol. The Kier molecular flexibility index (Phi) is 4.65. The average molecular weight is 389 g/mol. The van der Waals surface area contributed by atoms with Crippen LogP contribution in [0.15, 0.2) is 42.6 Å². The summed E-state index contributed by atoms with van der Waals surface area (Å²) in [5, 5.41) is 3.51. The van der Waals surface area contributed by atoms with E-state index < -0.39 is 17.3 Å². The highest BCUT2D eigenvalue weighted by molar-refractivity contribution is 5.87. The molecule has 2 saturated heterocycles. The van der Waals surface area contributed by atoms with Crippen molar-refractivity contribution in [2.75, 3.05) is 13.6 Å². The zero-order chi connectivity index (χ0) is 19.9. The van der Waals surface area contributed by atoms with Crippen LogP contribution in [0.1, 0.15) is 43.0 Å². The van der Waals surface area contributed by atoms with E-state index in [1.807, 2.05) is 13.1 Å². The van der Waals surface area contributed by atoms with E-state index in [9.17, 15) is 18.0 Å². The van der Waals surface area contributed by atoms with Crippen molar-refractivity contribution < 1.29 is 18.0 Å². The number of pyridine rings is 1. The zero-order valence-corrected chi connectivity index (χ0v) is 15.6. The van der Waals surface area contributed by atoms with Gasteiger partial charge in [-0.3, -0.25) is 15.1 Å². The van der Waals surface area contributed by atoms with Crippen molar-refractivity contribution in [1.29, 1.82) is 0 Å². The van der Waals surface area contributed by atoms with E-state index in [4.69, 9.17) is 0 Å². The van der Waals surface area contributed by atoms with Crippen LogP contribution in [0, 0.1) is 0 Å². The Morgan fingerprint density at radius 1 is 1.14 bits per heavy atom. The first-order chi connectivity index (χ1) is 13.3. The monoisotopic (exact) mass is 389 g/mol. The molecule has 0 bridgehead atoms. The lowest BCUT2D eigenvalue weighted by molar-refractivity contribution is -0.140. The molecule has 2 atom stereocenters. The number of carbonyl (C=O) groups excluding carboxylic acids is 1. The second-order valence-corrected chi connectivity index (χ2v) is 7.69. The van der Waals surface area contributed by atoms with Crippen LogP contribution in [-0.2, 0) is 11.0 Å². The third-order valence-corrected chi connectivity index (χ3v) is 5.85. The van der Waals surface area contributed by atoms with Gasteiger partial charge in [-0.15, -0.1) is 0 Å². The van der Waals surface area contributed by atoms with E-state index in [0.29, 0.717) is 5.56 Å². The van der Waals surface area contributed by atoms with Gasteiger partial charge in [0.05, 0.1) is 22.8 Å². The summed E-state index contributed by atoms with van der Waals surface area (Å²) < 4.78 is 38.3. The first-order valence-electron chi connectivity index (χ1n) is 9.45. The van der Waals surface area contributed by atoms with Crippen molar-refractivity contribution in [2.24, 2.45) is 0 Å². The second-order valence-electron chi connectivity index (χ2n) is 7.69.